The Kier molecular flexibility index (Phi) is 4.39. The van der Waals surface area contributed by atoms with Gasteiger partial charge in [-0.2, -0.15) is 13.2 Å². The maximum atomic E-state index is 12.5. The Bertz CT molecular complexity index is 473. The van der Waals surface area contributed by atoms with Crippen LogP contribution in [0, 0.1) is 6.92 Å². The van der Waals surface area contributed by atoms with Crippen LogP contribution in [0.3, 0.4) is 0 Å². The number of carboxylic acids is 1. The molecule has 0 bridgehead atoms. The summed E-state index contributed by atoms with van der Waals surface area (Å²) in [4.78, 5) is 15.9. The Morgan fingerprint density at radius 1 is 1.42 bits per heavy atom. The molecule has 19 heavy (non-hydrogen) atoms. The molecule has 1 aromatic heterocycles. The molecule has 0 aliphatic rings. The molecule has 0 saturated carbocycles. The van der Waals surface area contributed by atoms with Crippen molar-refractivity contribution in [3.63, 3.8) is 0 Å². The summed E-state index contributed by atoms with van der Waals surface area (Å²) < 4.78 is 37.5. The number of carboxylic acid groups (broad SMARTS) is 1. The minimum Gasteiger partial charge on any atom is -0.478 e. The van der Waals surface area contributed by atoms with E-state index in [1.807, 2.05) is 0 Å². The van der Waals surface area contributed by atoms with E-state index >= 15 is 0 Å². The number of alkyl halides is 3. The highest BCUT2D eigenvalue weighted by atomic mass is 19.4. The largest absolute Gasteiger partial charge is 0.478 e. The van der Waals surface area contributed by atoms with E-state index in [9.17, 15) is 18.0 Å². The maximum absolute atomic E-state index is 12.5. The van der Waals surface area contributed by atoms with E-state index in [0.29, 0.717) is 0 Å². The minimum absolute atomic E-state index is 0.0144. The maximum Gasteiger partial charge on any atom is 0.405 e. The minimum atomic E-state index is -4.34. The molecule has 1 heterocycles. The lowest BCUT2D eigenvalue weighted by atomic mass is 10.2. The molecule has 0 amide bonds. The van der Waals surface area contributed by atoms with Crippen LogP contribution in [0.1, 0.15) is 29.9 Å². The highest BCUT2D eigenvalue weighted by Crippen LogP contribution is 2.23. The summed E-state index contributed by atoms with van der Waals surface area (Å²) in [6, 6.07) is 2.16. The lowest BCUT2D eigenvalue weighted by molar-refractivity contribution is -0.120. The summed E-state index contributed by atoms with van der Waals surface area (Å²) in [5.41, 5.74) is 0.178. The average molecular weight is 276 g/mol. The molecule has 0 fully saturated rings. The smallest absolute Gasteiger partial charge is 0.405 e. The molecule has 7 heteroatoms. The van der Waals surface area contributed by atoms with E-state index in [2.05, 4.69) is 4.98 Å². The van der Waals surface area contributed by atoms with Crippen molar-refractivity contribution in [2.24, 2.45) is 0 Å². The molecule has 0 radical (unpaired) electrons. The number of carbonyl (C=O) groups is 1. The van der Waals surface area contributed by atoms with Gasteiger partial charge in [0.15, 0.2) is 0 Å². The zero-order valence-corrected chi connectivity index (χ0v) is 10.8. The molecule has 0 unspecified atom stereocenters. The first-order valence-corrected chi connectivity index (χ1v) is 5.66. The topological polar surface area (TPSA) is 53.4 Å². The van der Waals surface area contributed by atoms with Crippen molar-refractivity contribution in [3.05, 3.63) is 23.4 Å². The van der Waals surface area contributed by atoms with E-state index in [0.717, 1.165) is 4.90 Å². The second-order valence-corrected chi connectivity index (χ2v) is 4.44. The van der Waals surface area contributed by atoms with Crippen LogP contribution < -0.4 is 4.90 Å². The number of nitrogens with zero attached hydrogens (tertiary/aromatic N) is 2. The number of halogens is 3. The Hall–Kier alpha value is -1.79. The van der Waals surface area contributed by atoms with Crippen molar-refractivity contribution in [1.82, 2.24) is 4.98 Å². The average Bonchev–Trinajstić information content (AvgIpc) is 2.23. The molecule has 1 rings (SSSR count). The van der Waals surface area contributed by atoms with Gasteiger partial charge < -0.3 is 10.0 Å². The second kappa shape index (κ2) is 5.46. The van der Waals surface area contributed by atoms with E-state index < -0.39 is 24.7 Å². The predicted octanol–water partition coefficient (Wildman–Crippen LogP) is 2.87. The predicted molar refractivity (Wildman–Crippen MR) is 64.5 cm³/mol. The SMILES string of the molecule is Cc1nc(N(CC(F)(F)F)C(C)C)ccc1C(=O)O. The Morgan fingerprint density at radius 2 is 2.00 bits per heavy atom. The third kappa shape index (κ3) is 4.11. The number of rotatable bonds is 4. The van der Waals surface area contributed by atoms with Crippen LogP contribution in [0.5, 0.6) is 0 Å². The van der Waals surface area contributed by atoms with Gasteiger partial charge in [-0.3, -0.25) is 0 Å². The summed E-state index contributed by atoms with van der Waals surface area (Å²) in [5, 5.41) is 8.86. The number of hydrogen-bond acceptors (Lipinski definition) is 3. The van der Waals surface area contributed by atoms with Crippen molar-refractivity contribution in [2.75, 3.05) is 11.4 Å². The van der Waals surface area contributed by atoms with Gasteiger partial charge in [0.25, 0.3) is 0 Å². The summed E-state index contributed by atoms with van der Waals surface area (Å²) in [5.74, 6) is -1.03. The molecule has 4 nitrogen and oxygen atoms in total. The zero-order chi connectivity index (χ0) is 14.8. The van der Waals surface area contributed by atoms with Crippen LogP contribution in [0.25, 0.3) is 0 Å². The number of aromatic carboxylic acids is 1. The molecule has 0 spiro atoms. The van der Waals surface area contributed by atoms with Crippen LogP contribution in [-0.2, 0) is 0 Å². The van der Waals surface area contributed by atoms with Gasteiger partial charge in [0, 0.05) is 6.04 Å². The fraction of sp³-hybridized carbons (Fsp3) is 0.500. The molecule has 0 aliphatic carbocycles. The molecule has 0 saturated heterocycles. The summed E-state index contributed by atoms with van der Waals surface area (Å²) in [6.45, 7) is 3.57. The lowest BCUT2D eigenvalue weighted by Crippen LogP contribution is -2.39. The highest BCUT2D eigenvalue weighted by Gasteiger charge is 2.32. The van der Waals surface area contributed by atoms with E-state index in [1.165, 1.54) is 19.1 Å². The Morgan fingerprint density at radius 3 is 2.37 bits per heavy atom. The van der Waals surface area contributed by atoms with Gasteiger partial charge in [-0.05, 0) is 32.9 Å². The van der Waals surface area contributed by atoms with Crippen LogP contribution >= 0.6 is 0 Å². The number of hydrogen-bond donors (Lipinski definition) is 1. The molecule has 0 atom stereocenters. The first-order chi connectivity index (χ1) is 8.61. The quantitative estimate of drug-likeness (QED) is 0.918. The number of pyridine rings is 1. The molecule has 106 valence electrons. The van der Waals surface area contributed by atoms with Gasteiger partial charge in [0.1, 0.15) is 12.4 Å². The fourth-order valence-corrected chi connectivity index (χ4v) is 1.66. The lowest BCUT2D eigenvalue weighted by Gasteiger charge is -2.29. The van der Waals surface area contributed by atoms with Gasteiger partial charge in [-0.25, -0.2) is 9.78 Å². The summed E-state index contributed by atoms with van der Waals surface area (Å²) >= 11 is 0. The third-order valence-corrected chi connectivity index (χ3v) is 2.57. The highest BCUT2D eigenvalue weighted by molar-refractivity contribution is 5.89. The second-order valence-electron chi connectivity index (χ2n) is 4.44. The van der Waals surface area contributed by atoms with Gasteiger partial charge in [-0.1, -0.05) is 0 Å². The van der Waals surface area contributed by atoms with Crippen molar-refractivity contribution in [3.8, 4) is 0 Å². The zero-order valence-electron chi connectivity index (χ0n) is 10.8. The molecule has 0 aliphatic heterocycles. The van der Waals surface area contributed by atoms with Crippen LogP contribution in [-0.4, -0.2) is 34.8 Å². The van der Waals surface area contributed by atoms with Crippen LogP contribution in [0.2, 0.25) is 0 Å². The van der Waals surface area contributed by atoms with Crippen molar-refractivity contribution < 1.29 is 23.1 Å². The standard InChI is InChI=1S/C12H15F3N2O2/c1-7(2)17(6-12(13,14)15)10-5-4-9(11(18)19)8(3)16-10/h4-5,7H,6H2,1-3H3,(H,18,19). The van der Waals surface area contributed by atoms with Crippen LogP contribution in [0.15, 0.2) is 12.1 Å². The monoisotopic (exact) mass is 276 g/mol. The summed E-state index contributed by atoms with van der Waals surface area (Å²) in [7, 11) is 0. The molecular formula is C12H15F3N2O2. The van der Waals surface area contributed by atoms with Crippen molar-refractivity contribution in [1.29, 1.82) is 0 Å². The van der Waals surface area contributed by atoms with E-state index in [4.69, 9.17) is 5.11 Å². The molecular weight excluding hydrogens is 261 g/mol. The van der Waals surface area contributed by atoms with Gasteiger partial charge in [0.2, 0.25) is 0 Å². The number of aromatic nitrogens is 1. The first-order valence-electron chi connectivity index (χ1n) is 5.66. The fourth-order valence-electron chi connectivity index (χ4n) is 1.66. The van der Waals surface area contributed by atoms with Gasteiger partial charge in [-0.15, -0.1) is 0 Å². The van der Waals surface area contributed by atoms with E-state index in [1.54, 1.807) is 13.8 Å². The third-order valence-electron chi connectivity index (χ3n) is 2.57. The van der Waals surface area contributed by atoms with E-state index in [-0.39, 0.29) is 17.1 Å². The van der Waals surface area contributed by atoms with Gasteiger partial charge in [0.05, 0.1) is 11.3 Å². The summed E-state index contributed by atoms with van der Waals surface area (Å²) in [6.07, 6.45) is -4.34. The van der Waals surface area contributed by atoms with Crippen LogP contribution in [0.4, 0.5) is 19.0 Å². The van der Waals surface area contributed by atoms with Gasteiger partial charge >= 0.3 is 12.1 Å². The van der Waals surface area contributed by atoms with Crippen molar-refractivity contribution >= 4 is 11.8 Å². The normalized spacial score (nSPS) is 11.7. The number of anilines is 1. The Labute approximate surface area is 108 Å². The molecule has 1 N–H and O–H groups in total. The molecule has 0 aromatic carbocycles. The Balaban J connectivity index is 3.11. The number of aryl methyl sites for hydroxylation is 1. The molecule has 1 aromatic rings. The first kappa shape index (κ1) is 15.3. The van der Waals surface area contributed by atoms with Crippen molar-refractivity contribution in [2.45, 2.75) is 33.0 Å².